The van der Waals surface area contributed by atoms with Crippen LogP contribution >= 0.6 is 0 Å². The molecule has 0 bridgehead atoms. The fourth-order valence-electron chi connectivity index (χ4n) is 3.58. The maximum Gasteiger partial charge on any atom is 0.337 e. The van der Waals surface area contributed by atoms with Gasteiger partial charge in [0.25, 0.3) is 5.91 Å². The Morgan fingerprint density at radius 2 is 2.17 bits per heavy atom. The van der Waals surface area contributed by atoms with Gasteiger partial charge in [-0.25, -0.2) is 14.8 Å². The monoisotopic (exact) mass is 413 g/mol. The van der Waals surface area contributed by atoms with E-state index in [9.17, 15) is 14.7 Å². The van der Waals surface area contributed by atoms with Gasteiger partial charge in [-0.1, -0.05) is 19.6 Å². The predicted octanol–water partition coefficient (Wildman–Crippen LogP) is 2.66. The van der Waals surface area contributed by atoms with Gasteiger partial charge in [0.1, 0.15) is 12.5 Å². The molecule has 1 amide bonds. The molecule has 1 unspecified atom stereocenters. The molecule has 2 aromatic rings. The molecule has 2 aliphatic heterocycles. The number of carboxylic acid groups (broad SMARTS) is 1. The zero-order valence-electron chi connectivity index (χ0n) is 16.6. The molecule has 1 atom stereocenters. The van der Waals surface area contributed by atoms with Crippen molar-refractivity contribution in [3.8, 4) is 5.88 Å². The van der Waals surface area contributed by atoms with Crippen LogP contribution in [-0.4, -0.2) is 48.4 Å². The third-order valence-electron chi connectivity index (χ3n) is 5.17. The van der Waals surface area contributed by atoms with Gasteiger partial charge in [0.15, 0.2) is 0 Å². The average molecular weight is 414 g/mol. The summed E-state index contributed by atoms with van der Waals surface area (Å²) in [6.45, 7) is 7.49. The number of amides is 1. The van der Waals surface area contributed by atoms with Gasteiger partial charge in [0.2, 0.25) is 11.5 Å². The summed E-state index contributed by atoms with van der Waals surface area (Å²) >= 11 is 0. The summed E-state index contributed by atoms with van der Waals surface area (Å²) in [5, 5.41) is 9.22. The molecule has 2 aromatic heterocycles. The number of carbonyl (C=O) groups excluding carboxylic acids is 1. The first-order valence-electron chi connectivity index (χ1n) is 9.48. The molecule has 1 N–H and O–H groups in total. The van der Waals surface area contributed by atoms with E-state index < -0.39 is 19.6 Å². The molecule has 8 nitrogen and oxygen atoms in total. The smallest absolute Gasteiger partial charge is 0.337 e. The zero-order chi connectivity index (χ0) is 20.8. The Labute approximate surface area is 169 Å². The van der Waals surface area contributed by atoms with E-state index in [1.54, 1.807) is 12.3 Å². The molecule has 2 aliphatic rings. The van der Waals surface area contributed by atoms with Crippen molar-refractivity contribution in [2.24, 2.45) is 0 Å². The first-order chi connectivity index (χ1) is 13.7. The normalized spacial score (nSPS) is 20.0. The van der Waals surface area contributed by atoms with E-state index in [4.69, 9.17) is 9.47 Å². The van der Waals surface area contributed by atoms with Gasteiger partial charge >= 0.3 is 5.97 Å². The van der Waals surface area contributed by atoms with Gasteiger partial charge in [0, 0.05) is 44.6 Å². The maximum absolute atomic E-state index is 13.4. The Morgan fingerprint density at radius 3 is 2.90 bits per heavy atom. The number of carboxylic acids is 1. The molecule has 152 valence electrons. The summed E-state index contributed by atoms with van der Waals surface area (Å²) in [5.41, 5.74) is 0.0223. The van der Waals surface area contributed by atoms with Crippen molar-refractivity contribution in [1.29, 1.82) is 0 Å². The van der Waals surface area contributed by atoms with Crippen LogP contribution in [0.15, 0.2) is 30.6 Å². The molecule has 0 fully saturated rings. The molecule has 4 heterocycles. The van der Waals surface area contributed by atoms with E-state index >= 15 is 0 Å². The van der Waals surface area contributed by atoms with E-state index in [1.807, 2.05) is 6.07 Å². The summed E-state index contributed by atoms with van der Waals surface area (Å²) in [7, 11) is -1.24. The Morgan fingerprint density at radius 1 is 1.38 bits per heavy atom. The van der Waals surface area contributed by atoms with Crippen LogP contribution in [0.4, 0.5) is 5.82 Å². The first kappa shape index (κ1) is 19.5. The Kier molecular flexibility index (Phi) is 4.66. The third kappa shape index (κ3) is 3.40. The molecule has 0 radical (unpaired) electrons. The van der Waals surface area contributed by atoms with Gasteiger partial charge in [-0.3, -0.25) is 9.69 Å². The van der Waals surface area contributed by atoms with E-state index in [1.165, 1.54) is 17.2 Å². The molecular weight excluding hydrogens is 390 g/mol. The van der Waals surface area contributed by atoms with Crippen molar-refractivity contribution in [2.75, 3.05) is 18.2 Å². The molecule has 29 heavy (non-hydrogen) atoms. The second-order valence-electron chi connectivity index (χ2n) is 8.56. The number of rotatable bonds is 6. The number of anilines is 1. The number of carbonyl (C=O) groups is 2. The van der Waals surface area contributed by atoms with Gasteiger partial charge in [-0.2, -0.15) is 0 Å². The number of hydrogen-bond acceptors (Lipinski definition) is 6. The van der Waals surface area contributed by atoms with Crippen LogP contribution in [0.5, 0.6) is 5.88 Å². The lowest BCUT2D eigenvalue weighted by Crippen LogP contribution is -2.44. The van der Waals surface area contributed by atoms with Crippen LogP contribution in [-0.2, 0) is 21.6 Å². The van der Waals surface area contributed by atoms with Gasteiger partial charge < -0.3 is 14.6 Å². The Balaban J connectivity index is 1.61. The lowest BCUT2D eigenvalue weighted by molar-refractivity contribution is -0.133. The topological polar surface area (TPSA) is 102 Å². The number of nitrogens with zero attached hydrogens (tertiary/aromatic N) is 3. The lowest BCUT2D eigenvalue weighted by atomic mass is 9.91. The van der Waals surface area contributed by atoms with Crippen LogP contribution in [0.3, 0.4) is 0 Å². The van der Waals surface area contributed by atoms with Crippen molar-refractivity contribution in [1.82, 2.24) is 9.97 Å². The van der Waals surface area contributed by atoms with Crippen molar-refractivity contribution >= 4 is 25.8 Å². The van der Waals surface area contributed by atoms with Gasteiger partial charge in [0.05, 0.1) is 5.56 Å². The van der Waals surface area contributed by atoms with Gasteiger partial charge in [-0.05, 0) is 24.2 Å². The zero-order valence-corrected chi connectivity index (χ0v) is 17.6. The number of fused-ring (bicyclic) bond motifs is 3. The number of ether oxygens (including phenoxy) is 2. The van der Waals surface area contributed by atoms with Crippen molar-refractivity contribution in [3.63, 3.8) is 0 Å². The quantitative estimate of drug-likeness (QED) is 0.574. The minimum Gasteiger partial charge on any atom is -0.478 e. The van der Waals surface area contributed by atoms with E-state index in [-0.39, 0.29) is 30.5 Å². The minimum absolute atomic E-state index is 0.0628. The maximum atomic E-state index is 13.4. The van der Waals surface area contributed by atoms with E-state index in [0.29, 0.717) is 23.6 Å². The first-order valence-corrected chi connectivity index (χ1v) is 13.2. The molecule has 0 aliphatic carbocycles. The van der Waals surface area contributed by atoms with Crippen molar-refractivity contribution in [2.45, 2.75) is 37.7 Å². The Bertz CT molecular complexity index is 990. The van der Waals surface area contributed by atoms with Crippen LogP contribution in [0.1, 0.15) is 21.5 Å². The van der Waals surface area contributed by atoms with E-state index in [0.717, 1.165) is 6.04 Å². The number of hydrogen-bond donors (Lipinski definition) is 1. The summed E-state index contributed by atoms with van der Waals surface area (Å²) in [4.78, 5) is 34.7. The highest BCUT2D eigenvalue weighted by Crippen LogP contribution is 2.48. The number of aromatic carboxylic acids is 1. The van der Waals surface area contributed by atoms with Gasteiger partial charge in [-0.15, -0.1) is 0 Å². The lowest BCUT2D eigenvalue weighted by Gasteiger charge is -2.23. The fraction of sp³-hybridized carbons (Fsp3) is 0.400. The summed E-state index contributed by atoms with van der Waals surface area (Å²) in [6, 6.07) is 6.08. The summed E-state index contributed by atoms with van der Waals surface area (Å²) in [5.74, 6) is -0.552. The van der Waals surface area contributed by atoms with Crippen molar-refractivity contribution < 1.29 is 24.2 Å². The largest absolute Gasteiger partial charge is 0.478 e. The number of pyridine rings is 2. The SMILES string of the molecule is C[Si](C)(C)CCOCN1C(=O)C2(Cc3cc(C(=O)O)cnc3O2)c2cccnc21. The highest BCUT2D eigenvalue weighted by Gasteiger charge is 2.57. The second kappa shape index (κ2) is 6.92. The molecule has 4 rings (SSSR count). The van der Waals surface area contributed by atoms with Crippen LogP contribution in [0.25, 0.3) is 0 Å². The molecule has 1 spiro atoms. The minimum atomic E-state index is -1.28. The van der Waals surface area contributed by atoms with Crippen LogP contribution in [0.2, 0.25) is 25.7 Å². The molecule has 0 saturated heterocycles. The fourth-order valence-corrected chi connectivity index (χ4v) is 4.34. The van der Waals surface area contributed by atoms with Crippen LogP contribution in [0, 0.1) is 0 Å². The second-order valence-corrected chi connectivity index (χ2v) is 14.2. The predicted molar refractivity (Wildman–Crippen MR) is 108 cm³/mol. The third-order valence-corrected chi connectivity index (χ3v) is 6.87. The summed E-state index contributed by atoms with van der Waals surface area (Å²) < 4.78 is 11.8. The number of aromatic nitrogens is 2. The summed E-state index contributed by atoms with van der Waals surface area (Å²) in [6.07, 6.45) is 3.07. The standard InChI is InChI=1S/C20H23N3O5Si/c1-29(2,3)8-7-27-12-23-16-15(5-4-6-21-16)20(19(23)26)10-13-9-14(18(24)25)11-22-17(13)28-20/h4-6,9,11H,7-8,10,12H2,1-3H3,(H,24,25). The molecular formula is C20H23N3O5Si. The Hall–Kier alpha value is -2.78. The highest BCUT2D eigenvalue weighted by molar-refractivity contribution is 6.76. The van der Waals surface area contributed by atoms with Crippen molar-refractivity contribution in [3.05, 3.63) is 47.3 Å². The van der Waals surface area contributed by atoms with Crippen LogP contribution < -0.4 is 9.64 Å². The highest BCUT2D eigenvalue weighted by atomic mass is 28.3. The molecule has 0 aromatic carbocycles. The average Bonchev–Trinajstić information content (AvgIpc) is 3.15. The molecule has 9 heteroatoms. The van der Waals surface area contributed by atoms with E-state index in [2.05, 4.69) is 29.6 Å². The molecule has 0 saturated carbocycles.